The van der Waals surface area contributed by atoms with E-state index in [2.05, 4.69) is 61.4 Å². The molecule has 1 aliphatic rings. The maximum Gasteiger partial charge on any atom is 0.101 e. The molecule has 0 unspecified atom stereocenters. The lowest BCUT2D eigenvalue weighted by atomic mass is 10.1. The van der Waals surface area contributed by atoms with Crippen LogP contribution in [0.15, 0.2) is 40.3 Å². The van der Waals surface area contributed by atoms with Gasteiger partial charge in [-0.15, -0.1) is 0 Å². The monoisotopic (exact) mass is 298 g/mol. The molecule has 1 saturated carbocycles. The van der Waals surface area contributed by atoms with Gasteiger partial charge in [-0.2, -0.15) is 0 Å². The molecule has 0 aliphatic heterocycles. The van der Waals surface area contributed by atoms with Crippen molar-refractivity contribution in [1.82, 2.24) is 10.3 Å². The molecular formula is C18H22N2S. The first-order valence-corrected chi connectivity index (χ1v) is 8.38. The SMILES string of the molecule is Cc1cc(C)nc(Sc2ccc(CNC3CC3)c(C)c2)c1. The second kappa shape index (κ2) is 6.20. The minimum absolute atomic E-state index is 0.762. The Hall–Kier alpha value is -1.32. The Morgan fingerprint density at radius 2 is 1.95 bits per heavy atom. The molecule has 3 heteroatoms. The summed E-state index contributed by atoms with van der Waals surface area (Å²) in [7, 11) is 0. The lowest BCUT2D eigenvalue weighted by Gasteiger charge is -2.09. The van der Waals surface area contributed by atoms with Gasteiger partial charge in [-0.3, -0.25) is 0 Å². The smallest absolute Gasteiger partial charge is 0.101 e. The van der Waals surface area contributed by atoms with Crippen LogP contribution in [-0.4, -0.2) is 11.0 Å². The van der Waals surface area contributed by atoms with Crippen molar-refractivity contribution < 1.29 is 0 Å². The van der Waals surface area contributed by atoms with Crippen molar-refractivity contribution in [1.29, 1.82) is 0 Å². The van der Waals surface area contributed by atoms with Crippen LogP contribution in [0, 0.1) is 20.8 Å². The van der Waals surface area contributed by atoms with Crippen molar-refractivity contribution in [3.8, 4) is 0 Å². The van der Waals surface area contributed by atoms with E-state index >= 15 is 0 Å². The van der Waals surface area contributed by atoms with Crippen LogP contribution in [0.3, 0.4) is 0 Å². The largest absolute Gasteiger partial charge is 0.310 e. The lowest BCUT2D eigenvalue weighted by molar-refractivity contribution is 0.685. The number of aryl methyl sites for hydroxylation is 3. The molecule has 2 nitrogen and oxygen atoms in total. The van der Waals surface area contributed by atoms with Gasteiger partial charge in [0.15, 0.2) is 0 Å². The van der Waals surface area contributed by atoms with Crippen LogP contribution in [0.2, 0.25) is 0 Å². The van der Waals surface area contributed by atoms with Crippen molar-refractivity contribution in [2.45, 2.75) is 56.1 Å². The Labute approximate surface area is 131 Å². The summed E-state index contributed by atoms with van der Waals surface area (Å²) < 4.78 is 0. The summed E-state index contributed by atoms with van der Waals surface area (Å²) >= 11 is 1.74. The Morgan fingerprint density at radius 3 is 2.62 bits per heavy atom. The molecule has 1 heterocycles. The van der Waals surface area contributed by atoms with E-state index in [1.807, 2.05) is 0 Å². The molecule has 0 amide bonds. The zero-order chi connectivity index (χ0) is 14.8. The first kappa shape index (κ1) is 14.6. The molecule has 110 valence electrons. The Bertz CT molecular complexity index is 627. The summed E-state index contributed by atoms with van der Waals surface area (Å²) in [4.78, 5) is 5.86. The van der Waals surface area contributed by atoms with Gasteiger partial charge >= 0.3 is 0 Å². The summed E-state index contributed by atoms with van der Waals surface area (Å²) in [5.41, 5.74) is 5.11. The summed E-state index contributed by atoms with van der Waals surface area (Å²) in [5.74, 6) is 0. The fourth-order valence-corrected chi connectivity index (χ4v) is 3.50. The van der Waals surface area contributed by atoms with E-state index in [9.17, 15) is 0 Å². The van der Waals surface area contributed by atoms with E-state index in [0.29, 0.717) is 0 Å². The van der Waals surface area contributed by atoms with Gasteiger partial charge in [-0.25, -0.2) is 4.98 Å². The zero-order valence-electron chi connectivity index (χ0n) is 12.9. The van der Waals surface area contributed by atoms with E-state index in [1.165, 1.54) is 34.4 Å². The molecule has 2 aromatic rings. The predicted molar refractivity (Wildman–Crippen MR) is 88.9 cm³/mol. The van der Waals surface area contributed by atoms with Gasteiger partial charge in [0.05, 0.1) is 0 Å². The van der Waals surface area contributed by atoms with Crippen LogP contribution in [0.25, 0.3) is 0 Å². The third-order valence-electron chi connectivity index (χ3n) is 3.77. The van der Waals surface area contributed by atoms with Crippen LogP contribution in [0.5, 0.6) is 0 Å². The highest BCUT2D eigenvalue weighted by Gasteiger charge is 2.20. The third kappa shape index (κ3) is 4.08. The summed E-state index contributed by atoms with van der Waals surface area (Å²) in [6.07, 6.45) is 2.68. The second-order valence-electron chi connectivity index (χ2n) is 5.97. The highest BCUT2D eigenvalue weighted by atomic mass is 32.2. The zero-order valence-corrected chi connectivity index (χ0v) is 13.8. The molecule has 1 fully saturated rings. The Balaban J connectivity index is 1.71. The molecule has 0 bridgehead atoms. The summed E-state index contributed by atoms with van der Waals surface area (Å²) in [5, 5.41) is 4.66. The van der Waals surface area contributed by atoms with Gasteiger partial charge in [0, 0.05) is 23.2 Å². The van der Waals surface area contributed by atoms with E-state index in [0.717, 1.165) is 23.3 Å². The topological polar surface area (TPSA) is 24.9 Å². The normalized spacial score (nSPS) is 14.4. The molecule has 1 aliphatic carbocycles. The third-order valence-corrected chi connectivity index (χ3v) is 4.68. The van der Waals surface area contributed by atoms with Gasteiger partial charge < -0.3 is 5.32 Å². The minimum Gasteiger partial charge on any atom is -0.310 e. The van der Waals surface area contributed by atoms with E-state index in [-0.39, 0.29) is 0 Å². The van der Waals surface area contributed by atoms with Crippen LogP contribution < -0.4 is 5.32 Å². The minimum atomic E-state index is 0.762. The predicted octanol–water partition coefficient (Wildman–Crippen LogP) is 4.41. The quantitative estimate of drug-likeness (QED) is 0.885. The van der Waals surface area contributed by atoms with E-state index in [4.69, 9.17) is 0 Å². The van der Waals surface area contributed by atoms with Gasteiger partial charge in [0.1, 0.15) is 5.03 Å². The van der Waals surface area contributed by atoms with Crippen molar-refractivity contribution >= 4 is 11.8 Å². The van der Waals surface area contributed by atoms with E-state index < -0.39 is 0 Å². The number of hydrogen-bond donors (Lipinski definition) is 1. The molecule has 21 heavy (non-hydrogen) atoms. The number of nitrogens with one attached hydrogen (secondary N) is 1. The lowest BCUT2D eigenvalue weighted by Crippen LogP contribution is -2.15. The molecule has 3 rings (SSSR count). The number of nitrogens with zero attached hydrogens (tertiary/aromatic N) is 1. The number of benzene rings is 1. The Kier molecular flexibility index (Phi) is 4.32. The van der Waals surface area contributed by atoms with Gasteiger partial charge in [-0.05, 0) is 74.6 Å². The molecular weight excluding hydrogens is 276 g/mol. The number of pyridine rings is 1. The average molecular weight is 298 g/mol. The average Bonchev–Trinajstić information content (AvgIpc) is 3.20. The molecule has 1 N–H and O–H groups in total. The fraction of sp³-hybridized carbons (Fsp3) is 0.389. The van der Waals surface area contributed by atoms with Crippen molar-refractivity contribution in [2.75, 3.05) is 0 Å². The number of hydrogen-bond acceptors (Lipinski definition) is 3. The summed E-state index contributed by atoms with van der Waals surface area (Å²) in [6, 6.07) is 11.8. The summed E-state index contributed by atoms with van der Waals surface area (Å²) in [6.45, 7) is 7.36. The highest BCUT2D eigenvalue weighted by molar-refractivity contribution is 7.99. The van der Waals surface area contributed by atoms with Crippen LogP contribution >= 0.6 is 11.8 Å². The Morgan fingerprint density at radius 1 is 1.14 bits per heavy atom. The van der Waals surface area contributed by atoms with Gasteiger partial charge in [-0.1, -0.05) is 17.8 Å². The maximum atomic E-state index is 4.60. The highest BCUT2D eigenvalue weighted by Crippen LogP contribution is 2.29. The number of rotatable bonds is 5. The second-order valence-corrected chi connectivity index (χ2v) is 7.06. The molecule has 0 radical (unpaired) electrons. The van der Waals surface area contributed by atoms with Crippen LogP contribution in [0.1, 0.15) is 35.2 Å². The van der Waals surface area contributed by atoms with Crippen LogP contribution in [0.4, 0.5) is 0 Å². The number of aromatic nitrogens is 1. The van der Waals surface area contributed by atoms with E-state index in [1.54, 1.807) is 11.8 Å². The van der Waals surface area contributed by atoms with Gasteiger partial charge in [0.2, 0.25) is 0 Å². The standard InChI is InChI=1S/C18H22N2S/c1-12-8-14(3)20-18(9-12)21-17-7-4-15(13(2)10-17)11-19-16-5-6-16/h4,7-10,16,19H,5-6,11H2,1-3H3. The molecule has 0 atom stereocenters. The maximum absolute atomic E-state index is 4.60. The fourth-order valence-electron chi connectivity index (χ4n) is 2.45. The van der Waals surface area contributed by atoms with Gasteiger partial charge in [0.25, 0.3) is 0 Å². The molecule has 1 aromatic heterocycles. The van der Waals surface area contributed by atoms with Crippen LogP contribution in [-0.2, 0) is 6.54 Å². The molecule has 0 saturated heterocycles. The first-order valence-electron chi connectivity index (χ1n) is 7.56. The molecule has 0 spiro atoms. The molecule has 1 aromatic carbocycles. The van der Waals surface area contributed by atoms with Crippen molar-refractivity contribution in [2.24, 2.45) is 0 Å². The van der Waals surface area contributed by atoms with Crippen molar-refractivity contribution in [3.63, 3.8) is 0 Å². The first-order chi connectivity index (χ1) is 10.1. The van der Waals surface area contributed by atoms with Crippen molar-refractivity contribution in [3.05, 3.63) is 52.7 Å².